The molecule has 1 aromatic carbocycles. The summed E-state index contributed by atoms with van der Waals surface area (Å²) >= 11 is 0. The average molecular weight is 442 g/mol. The van der Waals surface area contributed by atoms with Crippen molar-refractivity contribution in [2.24, 2.45) is 11.8 Å². The highest BCUT2D eigenvalue weighted by atomic mass is 19.2. The second-order valence-electron chi connectivity index (χ2n) is 9.83. The van der Waals surface area contributed by atoms with Gasteiger partial charge in [0.15, 0.2) is 11.6 Å². The van der Waals surface area contributed by atoms with E-state index in [1.54, 1.807) is 18.3 Å². The highest BCUT2D eigenvalue weighted by Gasteiger charge is 2.33. The van der Waals surface area contributed by atoms with E-state index in [4.69, 9.17) is 4.74 Å². The first-order chi connectivity index (χ1) is 15.6. The first-order valence-electron chi connectivity index (χ1n) is 12.6. The van der Waals surface area contributed by atoms with E-state index < -0.39 is 11.6 Å². The summed E-state index contributed by atoms with van der Waals surface area (Å²) in [7, 11) is 0. The molecular formula is C28H37F2NO. The van der Waals surface area contributed by atoms with Crippen molar-refractivity contribution in [1.29, 1.82) is 0 Å². The van der Waals surface area contributed by atoms with Crippen LogP contribution in [0.4, 0.5) is 8.78 Å². The number of benzene rings is 1. The van der Waals surface area contributed by atoms with Gasteiger partial charge < -0.3 is 4.74 Å². The molecule has 1 aliphatic heterocycles. The van der Waals surface area contributed by atoms with E-state index in [0.29, 0.717) is 23.7 Å². The average Bonchev–Trinajstić information content (AvgIpc) is 2.83. The fourth-order valence-electron chi connectivity index (χ4n) is 5.74. The van der Waals surface area contributed by atoms with Gasteiger partial charge in [0, 0.05) is 28.9 Å². The SMILES string of the molecule is CCCc1ccc(-c2ccc(C3CCC(C4CCC(CCC)CC4)OC3)c(F)c2F)cn1. The van der Waals surface area contributed by atoms with Crippen molar-refractivity contribution in [3.63, 3.8) is 0 Å². The zero-order chi connectivity index (χ0) is 22.5. The van der Waals surface area contributed by atoms with E-state index >= 15 is 4.39 Å². The van der Waals surface area contributed by atoms with Crippen LogP contribution in [0.15, 0.2) is 30.5 Å². The van der Waals surface area contributed by atoms with E-state index in [1.807, 2.05) is 12.1 Å². The van der Waals surface area contributed by atoms with E-state index in [0.717, 1.165) is 37.3 Å². The fraction of sp³-hybridized carbons (Fsp3) is 0.607. The molecule has 0 amide bonds. The van der Waals surface area contributed by atoms with Gasteiger partial charge in [0.05, 0.1) is 12.7 Å². The Bertz CT molecular complexity index is 866. The zero-order valence-electron chi connectivity index (χ0n) is 19.6. The third kappa shape index (κ3) is 5.22. The Kier molecular flexibility index (Phi) is 7.93. The monoisotopic (exact) mass is 441 g/mol. The van der Waals surface area contributed by atoms with Crippen LogP contribution in [0.5, 0.6) is 0 Å². The van der Waals surface area contributed by atoms with Crippen molar-refractivity contribution in [1.82, 2.24) is 4.98 Å². The molecule has 2 unspecified atom stereocenters. The van der Waals surface area contributed by atoms with Gasteiger partial charge in [-0.2, -0.15) is 0 Å². The minimum absolute atomic E-state index is 0.0729. The number of aromatic nitrogens is 1. The Labute approximate surface area is 191 Å². The van der Waals surface area contributed by atoms with Crippen LogP contribution in [0.2, 0.25) is 0 Å². The maximum atomic E-state index is 15.0. The zero-order valence-corrected chi connectivity index (χ0v) is 19.6. The van der Waals surface area contributed by atoms with Crippen molar-refractivity contribution in [3.05, 3.63) is 53.4 Å². The fourth-order valence-corrected chi connectivity index (χ4v) is 5.74. The maximum absolute atomic E-state index is 15.0. The Morgan fingerprint density at radius 1 is 0.906 bits per heavy atom. The predicted molar refractivity (Wildman–Crippen MR) is 126 cm³/mol. The highest BCUT2D eigenvalue weighted by molar-refractivity contribution is 5.64. The van der Waals surface area contributed by atoms with Crippen molar-refractivity contribution < 1.29 is 13.5 Å². The van der Waals surface area contributed by atoms with Crippen LogP contribution in [-0.4, -0.2) is 17.7 Å². The molecule has 0 spiro atoms. The maximum Gasteiger partial charge on any atom is 0.166 e. The Morgan fingerprint density at radius 2 is 1.72 bits per heavy atom. The summed E-state index contributed by atoms with van der Waals surface area (Å²) in [5.74, 6) is -0.0510. The third-order valence-electron chi connectivity index (χ3n) is 7.62. The first-order valence-corrected chi connectivity index (χ1v) is 12.6. The van der Waals surface area contributed by atoms with Crippen LogP contribution < -0.4 is 0 Å². The van der Waals surface area contributed by atoms with E-state index in [2.05, 4.69) is 18.8 Å². The largest absolute Gasteiger partial charge is 0.377 e. The van der Waals surface area contributed by atoms with Crippen LogP contribution in [0, 0.1) is 23.5 Å². The van der Waals surface area contributed by atoms with E-state index in [1.165, 1.54) is 38.5 Å². The number of hydrogen-bond donors (Lipinski definition) is 0. The van der Waals surface area contributed by atoms with Crippen molar-refractivity contribution in [2.45, 2.75) is 90.1 Å². The van der Waals surface area contributed by atoms with Crippen molar-refractivity contribution in [3.8, 4) is 11.1 Å². The smallest absolute Gasteiger partial charge is 0.166 e. The second kappa shape index (κ2) is 10.9. The number of aryl methyl sites for hydroxylation is 1. The molecule has 1 aromatic heterocycles. The van der Waals surface area contributed by atoms with Gasteiger partial charge in [-0.3, -0.25) is 4.98 Å². The van der Waals surface area contributed by atoms with Crippen LogP contribution in [0.3, 0.4) is 0 Å². The number of ether oxygens (including phenoxy) is 1. The van der Waals surface area contributed by atoms with Gasteiger partial charge in [0.2, 0.25) is 0 Å². The molecule has 2 heterocycles. The lowest BCUT2D eigenvalue weighted by atomic mass is 9.75. The quantitative estimate of drug-likeness (QED) is 0.436. The molecule has 4 heteroatoms. The minimum atomic E-state index is -0.774. The van der Waals surface area contributed by atoms with Crippen molar-refractivity contribution in [2.75, 3.05) is 6.61 Å². The van der Waals surface area contributed by atoms with E-state index in [-0.39, 0.29) is 17.6 Å². The van der Waals surface area contributed by atoms with Gasteiger partial charge in [0.25, 0.3) is 0 Å². The summed E-state index contributed by atoms with van der Waals surface area (Å²) in [5, 5.41) is 0. The Balaban J connectivity index is 1.38. The number of halogens is 2. The molecule has 32 heavy (non-hydrogen) atoms. The molecule has 0 radical (unpaired) electrons. The number of nitrogens with zero attached hydrogens (tertiary/aromatic N) is 1. The van der Waals surface area contributed by atoms with Gasteiger partial charge in [-0.05, 0) is 55.6 Å². The summed E-state index contributed by atoms with van der Waals surface area (Å²) in [5.41, 5.74) is 2.32. The molecule has 4 rings (SSSR count). The lowest BCUT2D eigenvalue weighted by molar-refractivity contribution is -0.0440. The predicted octanol–water partition coefficient (Wildman–Crippen LogP) is 7.85. The molecule has 2 atom stereocenters. The molecule has 2 aliphatic rings. The molecule has 1 saturated heterocycles. The number of pyridine rings is 1. The molecule has 1 aliphatic carbocycles. The van der Waals surface area contributed by atoms with Gasteiger partial charge in [-0.15, -0.1) is 0 Å². The number of rotatable bonds is 7. The normalized spacial score (nSPS) is 26.2. The van der Waals surface area contributed by atoms with Gasteiger partial charge in [-0.1, -0.05) is 64.2 Å². The van der Waals surface area contributed by atoms with Crippen molar-refractivity contribution >= 4 is 0 Å². The summed E-state index contributed by atoms with van der Waals surface area (Å²) in [4.78, 5) is 4.39. The molecule has 2 fully saturated rings. The third-order valence-corrected chi connectivity index (χ3v) is 7.62. The standard InChI is InChI=1S/C28H37F2NO/c1-3-5-19-7-9-20(10-8-19)26-16-12-22(18-32-26)25-15-14-24(27(29)28(25)30)21-11-13-23(6-4-2)31-17-21/h11,13-15,17,19-20,22,26H,3-10,12,16,18H2,1-2H3. The summed E-state index contributed by atoms with van der Waals surface area (Å²) in [6.07, 6.45) is 13.4. The topological polar surface area (TPSA) is 22.1 Å². The van der Waals surface area contributed by atoms with Crippen LogP contribution in [0.25, 0.3) is 11.1 Å². The lowest BCUT2D eigenvalue weighted by Crippen LogP contribution is -2.33. The summed E-state index contributed by atoms with van der Waals surface area (Å²) < 4.78 is 36.2. The molecule has 1 saturated carbocycles. The second-order valence-corrected chi connectivity index (χ2v) is 9.83. The van der Waals surface area contributed by atoms with Gasteiger partial charge >= 0.3 is 0 Å². The van der Waals surface area contributed by atoms with Crippen LogP contribution >= 0.6 is 0 Å². The van der Waals surface area contributed by atoms with Crippen LogP contribution in [-0.2, 0) is 11.2 Å². The molecule has 0 bridgehead atoms. The first kappa shape index (κ1) is 23.4. The molecule has 0 N–H and O–H groups in total. The molecule has 2 nitrogen and oxygen atoms in total. The highest BCUT2D eigenvalue weighted by Crippen LogP contribution is 2.40. The Hall–Kier alpha value is -1.81. The van der Waals surface area contributed by atoms with Gasteiger partial charge in [-0.25, -0.2) is 8.78 Å². The van der Waals surface area contributed by atoms with Crippen LogP contribution in [0.1, 0.15) is 88.8 Å². The number of hydrogen-bond acceptors (Lipinski definition) is 2. The molecule has 174 valence electrons. The summed E-state index contributed by atoms with van der Waals surface area (Å²) in [6.45, 7) is 4.85. The van der Waals surface area contributed by atoms with E-state index in [9.17, 15) is 4.39 Å². The molecule has 2 aromatic rings. The minimum Gasteiger partial charge on any atom is -0.377 e. The Morgan fingerprint density at radius 3 is 2.34 bits per heavy atom. The van der Waals surface area contributed by atoms with Gasteiger partial charge in [0.1, 0.15) is 0 Å². The lowest BCUT2D eigenvalue weighted by Gasteiger charge is -2.38. The summed E-state index contributed by atoms with van der Waals surface area (Å²) in [6, 6.07) is 7.18. The molecular weight excluding hydrogens is 404 g/mol.